The van der Waals surface area contributed by atoms with Gasteiger partial charge in [-0.25, -0.2) is 0 Å². The number of amides is 1. The van der Waals surface area contributed by atoms with E-state index in [-0.39, 0.29) is 17.9 Å². The second-order valence-electron chi connectivity index (χ2n) is 8.51. The number of likely N-dealkylation sites (tertiary alicyclic amines) is 1. The number of hydrogen-bond donors (Lipinski definition) is 2. The van der Waals surface area contributed by atoms with Gasteiger partial charge in [0.1, 0.15) is 0 Å². The predicted octanol–water partition coefficient (Wildman–Crippen LogP) is 4.98. The first-order chi connectivity index (χ1) is 15.6. The minimum Gasteiger partial charge on any atom is -0.397 e. The number of allylic oxidation sites excluding steroid dienone is 7. The van der Waals surface area contributed by atoms with E-state index in [9.17, 15) is 4.79 Å². The van der Waals surface area contributed by atoms with Crippen LogP contribution in [-0.2, 0) is 9.53 Å². The summed E-state index contributed by atoms with van der Waals surface area (Å²) in [6, 6.07) is 7.16. The van der Waals surface area contributed by atoms with Crippen molar-refractivity contribution < 1.29 is 9.53 Å². The molecule has 2 atom stereocenters. The number of fused-ring (bicyclic) bond motifs is 1. The number of ether oxygens (including phenoxy) is 1. The van der Waals surface area contributed by atoms with Crippen molar-refractivity contribution in [2.45, 2.75) is 38.6 Å². The van der Waals surface area contributed by atoms with E-state index < -0.39 is 0 Å². The molecule has 2 aliphatic carbocycles. The first-order valence-corrected chi connectivity index (χ1v) is 11.5. The van der Waals surface area contributed by atoms with Crippen LogP contribution in [0.2, 0.25) is 0 Å². The van der Waals surface area contributed by atoms with Crippen molar-refractivity contribution in [3.8, 4) is 0 Å². The summed E-state index contributed by atoms with van der Waals surface area (Å²) in [5.74, 6) is 0.193. The highest BCUT2D eigenvalue weighted by molar-refractivity contribution is 5.97. The zero-order chi connectivity index (χ0) is 22.5. The lowest BCUT2D eigenvalue weighted by molar-refractivity contribution is -0.122. The second kappa shape index (κ2) is 10.2. The van der Waals surface area contributed by atoms with Gasteiger partial charge in [0.05, 0.1) is 30.8 Å². The van der Waals surface area contributed by atoms with Gasteiger partial charge in [-0.3, -0.25) is 9.69 Å². The van der Waals surface area contributed by atoms with E-state index in [1.807, 2.05) is 24.3 Å². The highest BCUT2D eigenvalue weighted by Gasteiger charge is 2.35. The third-order valence-electron chi connectivity index (χ3n) is 6.56. The number of para-hydroxylation sites is 2. The summed E-state index contributed by atoms with van der Waals surface area (Å²) in [5, 5.41) is 2.98. The smallest absolute Gasteiger partial charge is 0.241 e. The molecule has 1 aromatic carbocycles. The third-order valence-corrected chi connectivity index (χ3v) is 6.56. The maximum Gasteiger partial charge on any atom is 0.241 e. The fraction of sp³-hybridized carbons (Fsp3) is 0.370. The van der Waals surface area contributed by atoms with Crippen LogP contribution in [0.3, 0.4) is 0 Å². The van der Waals surface area contributed by atoms with Gasteiger partial charge in [-0.1, -0.05) is 49.1 Å². The largest absolute Gasteiger partial charge is 0.397 e. The molecule has 3 aliphatic rings. The van der Waals surface area contributed by atoms with Crippen LogP contribution in [0, 0.1) is 5.92 Å². The Morgan fingerprint density at radius 3 is 2.91 bits per heavy atom. The molecule has 1 saturated carbocycles. The van der Waals surface area contributed by atoms with Crippen molar-refractivity contribution in [1.82, 2.24) is 4.90 Å². The molecule has 0 aromatic heterocycles. The van der Waals surface area contributed by atoms with Gasteiger partial charge >= 0.3 is 0 Å². The first-order valence-electron chi connectivity index (χ1n) is 11.5. The number of nitrogens with two attached hydrogens (primary N) is 1. The van der Waals surface area contributed by atoms with Gasteiger partial charge in [0.2, 0.25) is 5.91 Å². The van der Waals surface area contributed by atoms with Crippen LogP contribution in [0.25, 0.3) is 0 Å². The SMILES string of the molecule is C=C/C=C1\C(=C/C)C2=CCCC=C2C1COCN1CCC[C@H]1C(=O)Nc1ccccc1N. The number of nitrogens with zero attached hydrogens (tertiary/aromatic N) is 1. The fourth-order valence-corrected chi connectivity index (χ4v) is 5.03. The lowest BCUT2D eigenvalue weighted by atomic mass is 9.94. The average Bonchev–Trinajstić information content (AvgIpc) is 3.38. The second-order valence-corrected chi connectivity index (χ2v) is 8.51. The summed E-state index contributed by atoms with van der Waals surface area (Å²) in [4.78, 5) is 15.0. The molecule has 0 bridgehead atoms. The first kappa shape index (κ1) is 22.3. The number of hydrogen-bond acceptors (Lipinski definition) is 4. The zero-order valence-electron chi connectivity index (χ0n) is 18.8. The normalized spacial score (nSPS) is 25.5. The molecule has 168 valence electrons. The molecule has 5 heteroatoms. The van der Waals surface area contributed by atoms with E-state index >= 15 is 0 Å². The van der Waals surface area contributed by atoms with E-state index in [0.717, 1.165) is 32.2 Å². The van der Waals surface area contributed by atoms with Crippen LogP contribution in [-0.4, -0.2) is 36.7 Å². The Balaban J connectivity index is 1.40. The molecule has 32 heavy (non-hydrogen) atoms. The quantitative estimate of drug-likeness (QED) is 0.598. The Morgan fingerprint density at radius 1 is 1.31 bits per heavy atom. The van der Waals surface area contributed by atoms with Gasteiger partial charge in [-0.2, -0.15) is 0 Å². The molecule has 0 radical (unpaired) electrons. The summed E-state index contributed by atoms with van der Waals surface area (Å²) in [5.41, 5.74) is 12.5. The molecule has 0 spiro atoms. The summed E-state index contributed by atoms with van der Waals surface area (Å²) in [6.45, 7) is 7.90. The van der Waals surface area contributed by atoms with Crippen molar-refractivity contribution in [1.29, 1.82) is 0 Å². The Labute approximate surface area is 191 Å². The van der Waals surface area contributed by atoms with E-state index in [4.69, 9.17) is 10.5 Å². The van der Waals surface area contributed by atoms with Crippen molar-refractivity contribution in [2.75, 3.05) is 30.9 Å². The topological polar surface area (TPSA) is 67.6 Å². The molecule has 1 amide bonds. The molecule has 1 aromatic rings. The summed E-state index contributed by atoms with van der Waals surface area (Å²) in [6.07, 6.45) is 14.8. The molecule has 2 fully saturated rings. The summed E-state index contributed by atoms with van der Waals surface area (Å²) >= 11 is 0. The monoisotopic (exact) mass is 431 g/mol. The molecule has 1 unspecified atom stereocenters. The third kappa shape index (κ3) is 4.50. The van der Waals surface area contributed by atoms with Crippen LogP contribution in [0.15, 0.2) is 83.5 Å². The molecule has 4 rings (SSSR count). The number of benzene rings is 1. The highest BCUT2D eigenvalue weighted by atomic mass is 16.5. The predicted molar refractivity (Wildman–Crippen MR) is 131 cm³/mol. The van der Waals surface area contributed by atoms with Crippen molar-refractivity contribution >= 4 is 17.3 Å². The lowest BCUT2D eigenvalue weighted by Crippen LogP contribution is -2.41. The molecule has 1 heterocycles. The molecule has 3 N–H and O–H groups in total. The van der Waals surface area contributed by atoms with Gasteiger partial charge in [0.25, 0.3) is 0 Å². The molecule has 5 nitrogen and oxygen atoms in total. The number of anilines is 2. The van der Waals surface area contributed by atoms with Gasteiger partial charge in [0, 0.05) is 12.5 Å². The lowest BCUT2D eigenvalue weighted by Gasteiger charge is -2.25. The standard InChI is InChI=1S/C27H33N3O2/c1-3-10-20-19(4-2)21-11-5-6-12-22(21)23(20)17-32-18-30-16-9-15-26(30)27(31)29-25-14-8-7-13-24(25)28/h3-4,7-8,10-14,23,26H,1,5-6,9,15-18,28H2,2H3,(H,29,31)/b19-4+,20-10+/t23?,26-/m0/s1. The Hall–Kier alpha value is -2.89. The minimum atomic E-state index is -0.197. The maximum atomic E-state index is 12.9. The van der Waals surface area contributed by atoms with Gasteiger partial charge in [0.15, 0.2) is 0 Å². The van der Waals surface area contributed by atoms with Crippen molar-refractivity contribution in [2.24, 2.45) is 5.92 Å². The zero-order valence-corrected chi connectivity index (χ0v) is 18.8. The van der Waals surface area contributed by atoms with Crippen LogP contribution >= 0.6 is 0 Å². The number of rotatable bonds is 7. The minimum absolute atomic E-state index is 0.0199. The number of nitrogens with one attached hydrogen (secondary N) is 1. The number of carbonyl (C=O) groups excluding carboxylic acids is 1. The maximum absolute atomic E-state index is 12.9. The van der Waals surface area contributed by atoms with Gasteiger partial charge < -0.3 is 15.8 Å². The van der Waals surface area contributed by atoms with Crippen LogP contribution in [0.1, 0.15) is 32.6 Å². The Morgan fingerprint density at radius 2 is 2.12 bits per heavy atom. The number of carbonyl (C=O) groups is 1. The van der Waals surface area contributed by atoms with E-state index in [0.29, 0.717) is 24.7 Å². The Kier molecular flexibility index (Phi) is 7.08. The Bertz CT molecular complexity index is 1000. The highest BCUT2D eigenvalue weighted by Crippen LogP contribution is 2.47. The molecule has 1 aliphatic heterocycles. The van der Waals surface area contributed by atoms with E-state index in [1.54, 1.807) is 6.07 Å². The summed E-state index contributed by atoms with van der Waals surface area (Å²) in [7, 11) is 0. The molecular weight excluding hydrogens is 398 g/mol. The molecule has 1 saturated heterocycles. The van der Waals surface area contributed by atoms with Crippen LogP contribution in [0.5, 0.6) is 0 Å². The van der Waals surface area contributed by atoms with Crippen LogP contribution in [0.4, 0.5) is 11.4 Å². The average molecular weight is 432 g/mol. The van der Waals surface area contributed by atoms with Gasteiger partial charge in [-0.05, 0) is 67.0 Å². The summed E-state index contributed by atoms with van der Waals surface area (Å²) < 4.78 is 6.23. The van der Waals surface area contributed by atoms with Crippen molar-refractivity contribution in [3.63, 3.8) is 0 Å². The van der Waals surface area contributed by atoms with E-state index in [1.165, 1.54) is 22.3 Å². The molecular formula is C27H33N3O2. The van der Waals surface area contributed by atoms with E-state index in [2.05, 4.69) is 48.0 Å². The number of nitrogen functional groups attached to an aromatic ring is 1. The van der Waals surface area contributed by atoms with Crippen molar-refractivity contribution in [3.05, 3.63) is 83.5 Å². The fourth-order valence-electron chi connectivity index (χ4n) is 5.03. The van der Waals surface area contributed by atoms with Gasteiger partial charge in [-0.15, -0.1) is 0 Å². The van der Waals surface area contributed by atoms with Crippen LogP contribution < -0.4 is 11.1 Å².